The largest absolute Gasteiger partial charge is 0.494 e. The fourth-order valence-electron chi connectivity index (χ4n) is 3.23. The number of carbonyl (C=O) groups excluding carboxylic acids is 1. The molecule has 1 saturated heterocycles. The van der Waals surface area contributed by atoms with E-state index in [0.29, 0.717) is 6.54 Å². The minimum absolute atomic E-state index is 0.258. The molecular weight excluding hydrogens is 377 g/mol. The monoisotopic (exact) mass is 409 g/mol. The molecule has 0 aromatic heterocycles. The summed E-state index contributed by atoms with van der Waals surface area (Å²) < 4.78 is 17.8. The van der Waals surface area contributed by atoms with Crippen LogP contribution in [0.1, 0.15) is 53.0 Å². The highest BCUT2D eigenvalue weighted by atomic mass is 16.7. The van der Waals surface area contributed by atoms with Gasteiger partial charge in [-0.05, 0) is 57.3 Å². The number of amides is 1. The van der Waals surface area contributed by atoms with E-state index in [0.717, 1.165) is 29.6 Å². The van der Waals surface area contributed by atoms with E-state index in [1.165, 1.54) is 0 Å². The molecule has 1 fully saturated rings. The lowest BCUT2D eigenvalue weighted by atomic mass is 9.79. The molecule has 1 aliphatic heterocycles. The van der Waals surface area contributed by atoms with Crippen LogP contribution in [0.4, 0.5) is 10.5 Å². The van der Waals surface area contributed by atoms with Crippen LogP contribution in [0.25, 0.3) is 0 Å². The number of hydrogen-bond acceptors (Lipinski definition) is 4. The maximum Gasteiger partial charge on any atom is 0.494 e. The van der Waals surface area contributed by atoms with Crippen molar-refractivity contribution >= 4 is 24.4 Å². The third-order valence-electron chi connectivity index (χ3n) is 5.89. The first-order chi connectivity index (χ1) is 14.2. The highest BCUT2D eigenvalue weighted by Gasteiger charge is 2.51. The molecule has 0 radical (unpaired) electrons. The predicted octanol–water partition coefficient (Wildman–Crippen LogP) is 4.93. The van der Waals surface area contributed by atoms with Crippen molar-refractivity contribution in [3.8, 4) is 0 Å². The van der Waals surface area contributed by atoms with Crippen LogP contribution in [-0.4, -0.2) is 31.0 Å². The lowest BCUT2D eigenvalue weighted by Crippen LogP contribution is -2.41. The van der Waals surface area contributed by atoms with Gasteiger partial charge in [0.1, 0.15) is 6.61 Å². The summed E-state index contributed by atoms with van der Waals surface area (Å²) in [6, 6.07) is 17.5. The minimum Gasteiger partial charge on any atom is -0.444 e. The van der Waals surface area contributed by atoms with Crippen molar-refractivity contribution in [3.05, 3.63) is 60.2 Å². The molecule has 0 N–H and O–H groups in total. The normalized spacial score (nSPS) is 17.0. The molecule has 0 atom stereocenters. The molecule has 1 amide bonds. The van der Waals surface area contributed by atoms with Crippen molar-refractivity contribution in [1.29, 1.82) is 0 Å². The quantitative estimate of drug-likeness (QED) is 0.609. The van der Waals surface area contributed by atoms with Gasteiger partial charge in [-0.25, -0.2) is 4.79 Å². The molecule has 6 heteroatoms. The Kier molecular flexibility index (Phi) is 6.89. The van der Waals surface area contributed by atoms with Gasteiger partial charge in [0.2, 0.25) is 0 Å². The van der Waals surface area contributed by atoms with Gasteiger partial charge in [0.25, 0.3) is 0 Å². The van der Waals surface area contributed by atoms with Gasteiger partial charge in [0.05, 0.1) is 11.2 Å². The molecular formula is C24H32BNO4. The van der Waals surface area contributed by atoms with E-state index in [2.05, 4.69) is 6.92 Å². The summed E-state index contributed by atoms with van der Waals surface area (Å²) in [5.74, 6) is 0. The first-order valence-electron chi connectivity index (χ1n) is 10.7. The summed E-state index contributed by atoms with van der Waals surface area (Å²) in [4.78, 5) is 14.5. The van der Waals surface area contributed by atoms with Gasteiger partial charge >= 0.3 is 13.2 Å². The Morgan fingerprint density at radius 2 is 1.57 bits per heavy atom. The Labute approximate surface area is 180 Å². The molecule has 1 aliphatic rings. The third kappa shape index (κ3) is 5.05. The van der Waals surface area contributed by atoms with Crippen LogP contribution in [-0.2, 0) is 20.7 Å². The van der Waals surface area contributed by atoms with Crippen LogP contribution >= 0.6 is 0 Å². The number of hydrogen-bond donors (Lipinski definition) is 0. The van der Waals surface area contributed by atoms with Crippen molar-refractivity contribution < 1.29 is 18.8 Å². The number of nitrogens with zero attached hydrogens (tertiary/aromatic N) is 1. The lowest BCUT2D eigenvalue weighted by Gasteiger charge is -2.32. The van der Waals surface area contributed by atoms with Crippen LogP contribution in [0, 0.1) is 0 Å². The number of carbonyl (C=O) groups is 1. The van der Waals surface area contributed by atoms with Gasteiger partial charge in [-0.15, -0.1) is 0 Å². The van der Waals surface area contributed by atoms with Crippen LogP contribution in [0.2, 0.25) is 0 Å². The van der Waals surface area contributed by atoms with Gasteiger partial charge in [-0.3, -0.25) is 4.90 Å². The van der Waals surface area contributed by atoms with Crippen molar-refractivity contribution in [2.75, 3.05) is 11.4 Å². The van der Waals surface area contributed by atoms with Gasteiger partial charge in [-0.2, -0.15) is 0 Å². The second-order valence-corrected chi connectivity index (χ2v) is 8.73. The smallest absolute Gasteiger partial charge is 0.444 e. The van der Waals surface area contributed by atoms with E-state index in [1.807, 2.05) is 82.3 Å². The molecule has 0 bridgehead atoms. The van der Waals surface area contributed by atoms with Crippen molar-refractivity contribution in [3.63, 3.8) is 0 Å². The average Bonchev–Trinajstić information content (AvgIpc) is 2.95. The third-order valence-corrected chi connectivity index (χ3v) is 5.89. The van der Waals surface area contributed by atoms with Crippen molar-refractivity contribution in [2.45, 2.75) is 65.3 Å². The van der Waals surface area contributed by atoms with Crippen molar-refractivity contribution in [1.82, 2.24) is 0 Å². The van der Waals surface area contributed by atoms with Gasteiger partial charge in [0.15, 0.2) is 0 Å². The maximum atomic E-state index is 12.8. The first-order valence-corrected chi connectivity index (χ1v) is 10.7. The molecule has 0 spiro atoms. The second kappa shape index (κ2) is 9.23. The summed E-state index contributed by atoms with van der Waals surface area (Å²) in [7, 11) is -0.418. The Balaban J connectivity index is 1.70. The summed E-state index contributed by atoms with van der Waals surface area (Å²) in [6.45, 7) is 11.1. The van der Waals surface area contributed by atoms with E-state index < -0.39 is 7.12 Å². The zero-order valence-corrected chi connectivity index (χ0v) is 18.7. The zero-order chi connectivity index (χ0) is 21.8. The van der Waals surface area contributed by atoms with Crippen LogP contribution in [0.15, 0.2) is 54.6 Å². The molecule has 30 heavy (non-hydrogen) atoms. The summed E-state index contributed by atoms with van der Waals surface area (Å²) in [6.07, 6.45) is 1.56. The molecule has 2 aromatic rings. The number of benzene rings is 2. The number of unbranched alkanes of at least 4 members (excludes halogenated alkanes) is 1. The number of ether oxygens (including phenoxy) is 1. The van der Waals surface area contributed by atoms with Crippen LogP contribution in [0.3, 0.4) is 0 Å². The topological polar surface area (TPSA) is 48.0 Å². The van der Waals surface area contributed by atoms with E-state index in [-0.39, 0.29) is 23.9 Å². The van der Waals surface area contributed by atoms with E-state index in [1.54, 1.807) is 4.90 Å². The summed E-state index contributed by atoms with van der Waals surface area (Å²) >= 11 is 0. The zero-order valence-electron chi connectivity index (χ0n) is 18.7. The summed E-state index contributed by atoms with van der Waals surface area (Å²) in [5.41, 5.74) is 1.94. The highest BCUT2D eigenvalue weighted by Crippen LogP contribution is 2.36. The maximum absolute atomic E-state index is 12.8. The van der Waals surface area contributed by atoms with Crippen molar-refractivity contribution in [2.24, 2.45) is 0 Å². The lowest BCUT2D eigenvalue weighted by molar-refractivity contribution is 0.00578. The Morgan fingerprint density at radius 1 is 0.967 bits per heavy atom. The van der Waals surface area contributed by atoms with E-state index in [9.17, 15) is 4.79 Å². The molecule has 0 saturated carbocycles. The molecule has 160 valence electrons. The highest BCUT2D eigenvalue weighted by molar-refractivity contribution is 6.62. The number of anilines is 1. The van der Waals surface area contributed by atoms with Gasteiger partial charge in [0, 0.05) is 12.2 Å². The second-order valence-electron chi connectivity index (χ2n) is 8.73. The fraction of sp³-hybridized carbons (Fsp3) is 0.458. The van der Waals surface area contributed by atoms with E-state index in [4.69, 9.17) is 14.0 Å². The van der Waals surface area contributed by atoms with E-state index >= 15 is 0 Å². The average molecular weight is 409 g/mol. The molecule has 5 nitrogen and oxygen atoms in total. The SMILES string of the molecule is CCCCN(C(=O)OCc1ccccc1)c1ccc(B2OC(C)(C)C(C)(C)O2)cc1. The Hall–Kier alpha value is -2.31. The molecule has 0 aliphatic carbocycles. The molecule has 2 aromatic carbocycles. The Morgan fingerprint density at radius 3 is 2.13 bits per heavy atom. The van der Waals surface area contributed by atoms with Gasteiger partial charge in [-0.1, -0.05) is 55.8 Å². The van der Waals surface area contributed by atoms with Crippen LogP contribution < -0.4 is 10.4 Å². The van der Waals surface area contributed by atoms with Gasteiger partial charge < -0.3 is 14.0 Å². The number of rotatable bonds is 7. The predicted molar refractivity (Wildman–Crippen MR) is 121 cm³/mol. The van der Waals surface area contributed by atoms with Crippen LogP contribution in [0.5, 0.6) is 0 Å². The summed E-state index contributed by atoms with van der Waals surface area (Å²) in [5, 5.41) is 0. The Bertz CT molecular complexity index is 820. The first kappa shape index (κ1) is 22.4. The molecule has 0 unspecified atom stereocenters. The standard InChI is InChI=1S/C24H32BNO4/c1-6-7-17-26(22(27)28-18-19-11-9-8-10-12-19)21-15-13-20(14-16-21)25-29-23(2,3)24(4,5)30-25/h8-16H,6-7,17-18H2,1-5H3. The fourth-order valence-corrected chi connectivity index (χ4v) is 3.23. The minimum atomic E-state index is -0.418. The molecule has 3 rings (SSSR count). The molecule has 1 heterocycles.